The van der Waals surface area contributed by atoms with Gasteiger partial charge >= 0.3 is 0 Å². The Morgan fingerprint density at radius 3 is 2.40 bits per heavy atom. The third kappa shape index (κ3) is 6.21. The van der Waals surface area contributed by atoms with Gasteiger partial charge in [0.05, 0.1) is 20.8 Å². The van der Waals surface area contributed by atoms with Crippen molar-refractivity contribution in [2.75, 3.05) is 41.5 Å². The fraction of sp³-hybridized carbons (Fsp3) is 0.526. The molecule has 1 aromatic carbocycles. The average Bonchev–Trinajstić information content (AvgIpc) is 2.63. The van der Waals surface area contributed by atoms with Crippen LogP contribution in [0.4, 0.5) is 0 Å². The molecular formula is C19H31N3O3. The minimum absolute atomic E-state index is 0.548. The lowest BCUT2D eigenvalue weighted by atomic mass is 10.1. The number of methoxy groups -OCH3 is 2. The minimum Gasteiger partial charge on any atom is -0.493 e. The first-order valence-electron chi connectivity index (χ1n) is 8.51. The van der Waals surface area contributed by atoms with Crippen molar-refractivity contribution in [1.82, 2.24) is 10.2 Å². The van der Waals surface area contributed by atoms with Crippen LogP contribution in [0.3, 0.4) is 0 Å². The second kappa shape index (κ2) is 11.2. The molecular weight excluding hydrogens is 318 g/mol. The van der Waals surface area contributed by atoms with Gasteiger partial charge in [-0.2, -0.15) is 0 Å². The molecule has 0 radical (unpaired) electrons. The van der Waals surface area contributed by atoms with Gasteiger partial charge in [0, 0.05) is 27.2 Å². The summed E-state index contributed by atoms with van der Waals surface area (Å²) < 4.78 is 16.5. The number of rotatable bonds is 10. The van der Waals surface area contributed by atoms with Gasteiger partial charge < -0.3 is 24.4 Å². The zero-order valence-corrected chi connectivity index (χ0v) is 16.1. The van der Waals surface area contributed by atoms with E-state index in [-0.39, 0.29) is 0 Å². The Hall–Kier alpha value is -2.37. The Bertz CT molecular complexity index is 548. The summed E-state index contributed by atoms with van der Waals surface area (Å²) in [7, 11) is 7.06. The van der Waals surface area contributed by atoms with E-state index >= 15 is 0 Å². The van der Waals surface area contributed by atoms with Gasteiger partial charge in [-0.3, -0.25) is 4.99 Å². The number of ether oxygens (including phenoxy) is 3. The molecule has 1 N–H and O–H groups in total. The van der Waals surface area contributed by atoms with Crippen molar-refractivity contribution in [3.63, 3.8) is 0 Å². The van der Waals surface area contributed by atoms with Crippen LogP contribution >= 0.6 is 0 Å². The normalized spacial score (nSPS) is 11.0. The molecule has 0 aliphatic carbocycles. The van der Waals surface area contributed by atoms with Crippen molar-refractivity contribution in [2.24, 2.45) is 4.99 Å². The average molecular weight is 349 g/mol. The fourth-order valence-corrected chi connectivity index (χ4v) is 2.47. The summed E-state index contributed by atoms with van der Waals surface area (Å²) in [6, 6.07) is 3.90. The van der Waals surface area contributed by atoms with E-state index in [1.807, 2.05) is 32.2 Å². The molecule has 0 aliphatic heterocycles. The van der Waals surface area contributed by atoms with Crippen LogP contribution in [-0.2, 0) is 6.54 Å². The van der Waals surface area contributed by atoms with Crippen molar-refractivity contribution in [3.8, 4) is 17.2 Å². The summed E-state index contributed by atoms with van der Waals surface area (Å²) in [5.74, 6) is 2.79. The minimum atomic E-state index is 0.548. The zero-order chi connectivity index (χ0) is 18.7. The summed E-state index contributed by atoms with van der Waals surface area (Å²) in [6.07, 6.45) is 3.97. The number of nitrogens with zero attached hydrogens (tertiary/aromatic N) is 2. The molecule has 25 heavy (non-hydrogen) atoms. The van der Waals surface area contributed by atoms with Crippen LogP contribution in [0.2, 0.25) is 0 Å². The number of hydrogen-bond donors (Lipinski definition) is 1. The van der Waals surface area contributed by atoms with Crippen LogP contribution in [0.1, 0.15) is 25.3 Å². The van der Waals surface area contributed by atoms with Crippen molar-refractivity contribution in [2.45, 2.75) is 26.3 Å². The molecule has 0 spiro atoms. The molecule has 0 aromatic heterocycles. The van der Waals surface area contributed by atoms with Crippen LogP contribution in [0.15, 0.2) is 29.8 Å². The predicted molar refractivity (Wildman–Crippen MR) is 103 cm³/mol. The van der Waals surface area contributed by atoms with Gasteiger partial charge in [-0.1, -0.05) is 6.08 Å². The lowest BCUT2D eigenvalue weighted by molar-refractivity contribution is 0.288. The molecule has 6 nitrogen and oxygen atoms in total. The third-order valence-electron chi connectivity index (χ3n) is 3.73. The second-order valence-electron chi connectivity index (χ2n) is 5.52. The summed E-state index contributed by atoms with van der Waals surface area (Å²) in [6.45, 7) is 7.76. The molecule has 0 amide bonds. The van der Waals surface area contributed by atoms with E-state index in [9.17, 15) is 0 Å². The largest absolute Gasteiger partial charge is 0.493 e. The highest BCUT2D eigenvalue weighted by Gasteiger charge is 2.14. The SMILES string of the molecule is C=CCCCN(C)C(=NC)NCc1cc(OC)c(OCC)c(OC)c1. The third-order valence-corrected chi connectivity index (χ3v) is 3.73. The van der Waals surface area contributed by atoms with E-state index in [1.54, 1.807) is 21.3 Å². The number of guanidine groups is 1. The molecule has 1 aromatic rings. The number of benzene rings is 1. The molecule has 0 aliphatic rings. The first-order chi connectivity index (χ1) is 12.1. The van der Waals surface area contributed by atoms with Crippen molar-refractivity contribution < 1.29 is 14.2 Å². The first kappa shape index (κ1) is 20.7. The van der Waals surface area contributed by atoms with Crippen LogP contribution in [0.25, 0.3) is 0 Å². The van der Waals surface area contributed by atoms with E-state index in [0.29, 0.717) is 30.4 Å². The van der Waals surface area contributed by atoms with Gasteiger partial charge in [-0.05, 0) is 37.5 Å². The van der Waals surface area contributed by atoms with E-state index < -0.39 is 0 Å². The highest BCUT2D eigenvalue weighted by molar-refractivity contribution is 5.79. The van der Waals surface area contributed by atoms with Gasteiger partial charge in [0.15, 0.2) is 17.5 Å². The molecule has 1 rings (SSSR count). The first-order valence-corrected chi connectivity index (χ1v) is 8.51. The summed E-state index contributed by atoms with van der Waals surface area (Å²) in [4.78, 5) is 6.44. The standard InChI is InChI=1S/C19H31N3O3/c1-7-9-10-11-22(4)19(20-3)21-14-15-12-16(23-5)18(25-8-2)17(13-15)24-6/h7,12-13H,1,8-11,14H2,2-6H3,(H,20,21). The lowest BCUT2D eigenvalue weighted by Gasteiger charge is -2.22. The Labute approximate surface area is 151 Å². The maximum atomic E-state index is 5.63. The zero-order valence-electron chi connectivity index (χ0n) is 16.1. The highest BCUT2D eigenvalue weighted by Crippen LogP contribution is 2.38. The van der Waals surface area contributed by atoms with Crippen molar-refractivity contribution in [1.29, 1.82) is 0 Å². The molecule has 0 atom stereocenters. The van der Waals surface area contributed by atoms with Gasteiger partial charge in [-0.15, -0.1) is 6.58 Å². The quantitative estimate of drug-likeness (QED) is 0.304. The molecule has 0 unspecified atom stereocenters. The van der Waals surface area contributed by atoms with E-state index in [0.717, 1.165) is 30.9 Å². The maximum absolute atomic E-state index is 5.63. The van der Waals surface area contributed by atoms with Crippen LogP contribution in [0.5, 0.6) is 17.2 Å². The molecule has 0 bridgehead atoms. The number of hydrogen-bond acceptors (Lipinski definition) is 4. The fourth-order valence-electron chi connectivity index (χ4n) is 2.47. The maximum Gasteiger partial charge on any atom is 0.203 e. The van der Waals surface area contributed by atoms with Gasteiger partial charge in [0.25, 0.3) is 0 Å². The van der Waals surface area contributed by atoms with Gasteiger partial charge in [0.2, 0.25) is 5.75 Å². The van der Waals surface area contributed by atoms with Gasteiger partial charge in [-0.25, -0.2) is 0 Å². The van der Waals surface area contributed by atoms with E-state index in [1.165, 1.54) is 0 Å². The van der Waals surface area contributed by atoms with Crippen molar-refractivity contribution in [3.05, 3.63) is 30.4 Å². The molecule has 140 valence electrons. The molecule has 0 saturated heterocycles. The van der Waals surface area contributed by atoms with Crippen molar-refractivity contribution >= 4 is 5.96 Å². The highest BCUT2D eigenvalue weighted by atomic mass is 16.5. The summed E-state index contributed by atoms with van der Waals surface area (Å²) in [5, 5.41) is 3.36. The second-order valence-corrected chi connectivity index (χ2v) is 5.52. The molecule has 6 heteroatoms. The number of aliphatic imine (C=N–C) groups is 1. The monoisotopic (exact) mass is 349 g/mol. The smallest absolute Gasteiger partial charge is 0.203 e. The Morgan fingerprint density at radius 2 is 1.92 bits per heavy atom. The summed E-state index contributed by atoms with van der Waals surface area (Å²) in [5.41, 5.74) is 1.03. The van der Waals surface area contributed by atoms with Crippen LogP contribution in [0, 0.1) is 0 Å². The van der Waals surface area contributed by atoms with Crippen LogP contribution in [-0.4, -0.2) is 52.3 Å². The predicted octanol–water partition coefficient (Wildman–Crippen LogP) is 3.08. The number of nitrogens with one attached hydrogen (secondary N) is 1. The van der Waals surface area contributed by atoms with E-state index in [4.69, 9.17) is 14.2 Å². The number of unbranched alkanes of at least 4 members (excludes halogenated alkanes) is 1. The lowest BCUT2D eigenvalue weighted by Crippen LogP contribution is -2.38. The molecule has 0 heterocycles. The molecule has 0 saturated carbocycles. The number of allylic oxidation sites excluding steroid dienone is 1. The summed E-state index contributed by atoms with van der Waals surface area (Å²) >= 11 is 0. The van der Waals surface area contributed by atoms with E-state index in [2.05, 4.69) is 21.8 Å². The van der Waals surface area contributed by atoms with Crippen LogP contribution < -0.4 is 19.5 Å². The Morgan fingerprint density at radius 1 is 1.28 bits per heavy atom. The van der Waals surface area contributed by atoms with Gasteiger partial charge in [0.1, 0.15) is 0 Å². The topological polar surface area (TPSA) is 55.3 Å². The Kier molecular flexibility index (Phi) is 9.29. The molecule has 0 fully saturated rings. The Balaban J connectivity index is 2.82.